The van der Waals surface area contributed by atoms with Gasteiger partial charge in [0.25, 0.3) is 5.91 Å². The normalized spacial score (nSPS) is 17.5. The number of urea groups is 1. The summed E-state index contributed by atoms with van der Waals surface area (Å²) in [5.74, 6) is -0.271. The predicted molar refractivity (Wildman–Crippen MR) is 93.3 cm³/mol. The van der Waals surface area contributed by atoms with E-state index in [0.717, 1.165) is 21.4 Å². The first-order valence-corrected chi connectivity index (χ1v) is 7.96. The Morgan fingerprint density at radius 3 is 2.75 bits per heavy atom. The summed E-state index contributed by atoms with van der Waals surface area (Å²) in [5.41, 5.74) is 2.49. The number of carbonyl (C=O) groups is 2. The molecule has 1 atom stereocenters. The van der Waals surface area contributed by atoms with E-state index in [-0.39, 0.29) is 5.91 Å². The number of anilines is 1. The fourth-order valence-corrected chi connectivity index (χ4v) is 3.23. The van der Waals surface area contributed by atoms with Crippen LogP contribution >= 0.6 is 11.6 Å². The van der Waals surface area contributed by atoms with Crippen LogP contribution in [0.5, 0.6) is 0 Å². The third-order valence-corrected chi connectivity index (χ3v) is 4.42. The summed E-state index contributed by atoms with van der Waals surface area (Å²) in [4.78, 5) is 29.2. The van der Waals surface area contributed by atoms with Crippen molar-refractivity contribution in [1.82, 2.24) is 10.3 Å². The molecule has 1 saturated heterocycles. The lowest BCUT2D eigenvalue weighted by atomic mass is 10.0. The van der Waals surface area contributed by atoms with Crippen molar-refractivity contribution in [1.29, 1.82) is 0 Å². The molecule has 0 bridgehead atoms. The van der Waals surface area contributed by atoms with E-state index >= 15 is 0 Å². The highest BCUT2D eigenvalue weighted by atomic mass is 35.5. The second-order valence-electron chi connectivity index (χ2n) is 5.72. The summed E-state index contributed by atoms with van der Waals surface area (Å²) in [5, 5.41) is 4.29. The summed E-state index contributed by atoms with van der Waals surface area (Å²) in [6.45, 7) is 0. The van der Waals surface area contributed by atoms with Crippen LogP contribution in [0.25, 0.3) is 10.9 Å². The smallest absolute Gasteiger partial charge is 0.329 e. The number of nitrogens with one attached hydrogen (secondary N) is 2. The Bertz CT molecular complexity index is 950. The van der Waals surface area contributed by atoms with Crippen LogP contribution in [0.15, 0.2) is 54.7 Å². The molecule has 0 saturated carbocycles. The van der Waals surface area contributed by atoms with E-state index in [1.54, 1.807) is 24.3 Å². The van der Waals surface area contributed by atoms with E-state index in [1.807, 2.05) is 30.5 Å². The Labute approximate surface area is 143 Å². The quantitative estimate of drug-likeness (QED) is 0.717. The van der Waals surface area contributed by atoms with Gasteiger partial charge >= 0.3 is 6.03 Å². The second-order valence-corrected chi connectivity index (χ2v) is 6.16. The van der Waals surface area contributed by atoms with E-state index < -0.39 is 12.1 Å². The number of carbonyl (C=O) groups excluding carboxylic acids is 2. The van der Waals surface area contributed by atoms with Crippen molar-refractivity contribution < 1.29 is 9.59 Å². The first kappa shape index (κ1) is 14.8. The second kappa shape index (κ2) is 5.69. The molecular weight excluding hydrogens is 326 g/mol. The van der Waals surface area contributed by atoms with Gasteiger partial charge in [-0.2, -0.15) is 0 Å². The zero-order valence-electron chi connectivity index (χ0n) is 12.6. The Morgan fingerprint density at radius 1 is 1.08 bits per heavy atom. The average Bonchev–Trinajstić information content (AvgIpc) is 3.09. The first-order valence-electron chi connectivity index (χ1n) is 7.58. The van der Waals surface area contributed by atoms with Crippen molar-refractivity contribution in [2.45, 2.75) is 12.5 Å². The summed E-state index contributed by atoms with van der Waals surface area (Å²) < 4.78 is 0. The number of hydrogen-bond donors (Lipinski definition) is 2. The van der Waals surface area contributed by atoms with E-state index in [0.29, 0.717) is 17.1 Å². The number of benzene rings is 2. The third-order valence-electron chi connectivity index (χ3n) is 4.18. The van der Waals surface area contributed by atoms with Gasteiger partial charge in [0.2, 0.25) is 0 Å². The van der Waals surface area contributed by atoms with Crippen molar-refractivity contribution in [3.63, 3.8) is 0 Å². The summed E-state index contributed by atoms with van der Waals surface area (Å²) >= 11 is 5.96. The van der Waals surface area contributed by atoms with Crippen LogP contribution in [0, 0.1) is 0 Å². The van der Waals surface area contributed by atoms with Crippen LogP contribution in [-0.2, 0) is 11.2 Å². The minimum atomic E-state index is -0.587. The predicted octanol–water partition coefficient (Wildman–Crippen LogP) is 3.49. The van der Waals surface area contributed by atoms with E-state index in [4.69, 9.17) is 11.6 Å². The molecule has 3 amide bonds. The van der Waals surface area contributed by atoms with Crippen molar-refractivity contribution >= 4 is 40.1 Å². The van der Waals surface area contributed by atoms with Crippen LogP contribution in [0.2, 0.25) is 5.02 Å². The molecule has 1 fully saturated rings. The molecule has 6 heteroatoms. The van der Waals surface area contributed by atoms with Gasteiger partial charge in [0.1, 0.15) is 6.04 Å². The number of para-hydroxylation sites is 1. The van der Waals surface area contributed by atoms with Crippen LogP contribution < -0.4 is 10.2 Å². The number of hydrogen-bond acceptors (Lipinski definition) is 2. The number of imide groups is 1. The summed E-state index contributed by atoms with van der Waals surface area (Å²) in [6.07, 6.45) is 2.32. The number of fused-ring (bicyclic) bond motifs is 1. The van der Waals surface area contributed by atoms with Crippen molar-refractivity contribution in [2.75, 3.05) is 4.90 Å². The van der Waals surface area contributed by atoms with Crippen molar-refractivity contribution in [3.05, 3.63) is 65.3 Å². The lowest BCUT2D eigenvalue weighted by Gasteiger charge is -2.13. The van der Waals surface area contributed by atoms with Gasteiger partial charge < -0.3 is 10.3 Å². The van der Waals surface area contributed by atoms with Gasteiger partial charge in [0.05, 0.1) is 5.69 Å². The fraction of sp³-hybridized carbons (Fsp3) is 0.111. The number of amides is 3. The zero-order chi connectivity index (χ0) is 16.7. The highest BCUT2D eigenvalue weighted by Gasteiger charge is 2.39. The third kappa shape index (κ3) is 2.43. The van der Waals surface area contributed by atoms with Gasteiger partial charge in [-0.05, 0) is 29.8 Å². The molecule has 1 aromatic heterocycles. The van der Waals surface area contributed by atoms with Crippen LogP contribution in [-0.4, -0.2) is 23.0 Å². The summed E-state index contributed by atoms with van der Waals surface area (Å²) in [6, 6.07) is 13.6. The molecule has 5 nitrogen and oxygen atoms in total. The van der Waals surface area contributed by atoms with Gasteiger partial charge in [-0.15, -0.1) is 0 Å². The molecule has 120 valence electrons. The van der Waals surface area contributed by atoms with E-state index in [1.165, 1.54) is 0 Å². The molecule has 3 aromatic rings. The fourth-order valence-electron chi connectivity index (χ4n) is 3.05. The molecule has 24 heavy (non-hydrogen) atoms. The summed E-state index contributed by atoms with van der Waals surface area (Å²) in [7, 11) is 0. The Kier molecular flexibility index (Phi) is 3.50. The molecule has 0 spiro atoms. The minimum Gasteiger partial charge on any atom is -0.361 e. The monoisotopic (exact) mass is 339 g/mol. The van der Waals surface area contributed by atoms with Gasteiger partial charge in [0, 0.05) is 28.5 Å². The topological polar surface area (TPSA) is 65.2 Å². The molecule has 1 unspecified atom stereocenters. The highest BCUT2D eigenvalue weighted by Crippen LogP contribution is 2.25. The van der Waals surface area contributed by atoms with Crippen molar-refractivity contribution in [2.24, 2.45) is 0 Å². The lowest BCUT2D eigenvalue weighted by Crippen LogP contribution is -2.32. The SMILES string of the molecule is O=C1NC(Cc2c[nH]c3ccccc23)C(=O)N1c1cccc(Cl)c1. The molecule has 1 aliphatic heterocycles. The Balaban J connectivity index is 1.62. The molecule has 2 aromatic carbocycles. The Hall–Kier alpha value is -2.79. The maximum Gasteiger partial charge on any atom is 0.329 e. The standard InChI is InChI=1S/C18H14ClN3O2/c19-12-4-3-5-13(9-12)22-17(23)16(21-18(22)24)8-11-10-20-15-7-2-1-6-14(11)15/h1-7,9-10,16,20H,8H2,(H,21,24). The number of aromatic amines is 1. The average molecular weight is 340 g/mol. The van der Waals surface area contributed by atoms with E-state index in [9.17, 15) is 9.59 Å². The number of H-pyrrole nitrogens is 1. The molecule has 0 aliphatic carbocycles. The van der Waals surface area contributed by atoms with Crippen LogP contribution in [0.3, 0.4) is 0 Å². The van der Waals surface area contributed by atoms with Gasteiger partial charge in [-0.3, -0.25) is 4.79 Å². The zero-order valence-corrected chi connectivity index (χ0v) is 13.4. The van der Waals surface area contributed by atoms with Gasteiger partial charge in [-0.25, -0.2) is 9.69 Å². The van der Waals surface area contributed by atoms with E-state index in [2.05, 4.69) is 10.3 Å². The van der Waals surface area contributed by atoms with Crippen LogP contribution in [0.1, 0.15) is 5.56 Å². The Morgan fingerprint density at radius 2 is 1.92 bits per heavy atom. The molecule has 0 radical (unpaired) electrons. The first-order chi connectivity index (χ1) is 11.6. The van der Waals surface area contributed by atoms with Gasteiger partial charge in [-0.1, -0.05) is 35.9 Å². The van der Waals surface area contributed by atoms with Crippen molar-refractivity contribution in [3.8, 4) is 0 Å². The van der Waals surface area contributed by atoms with Gasteiger partial charge in [0.15, 0.2) is 0 Å². The number of nitrogens with zero attached hydrogens (tertiary/aromatic N) is 1. The number of rotatable bonds is 3. The largest absolute Gasteiger partial charge is 0.361 e. The molecular formula is C18H14ClN3O2. The van der Waals surface area contributed by atoms with Crippen LogP contribution in [0.4, 0.5) is 10.5 Å². The minimum absolute atomic E-state index is 0.271. The lowest BCUT2D eigenvalue weighted by molar-refractivity contribution is -0.118. The maximum atomic E-state index is 12.7. The number of halogens is 1. The molecule has 1 aliphatic rings. The molecule has 2 heterocycles. The maximum absolute atomic E-state index is 12.7. The number of aromatic nitrogens is 1. The molecule has 4 rings (SSSR count). The highest BCUT2D eigenvalue weighted by molar-refractivity contribution is 6.31. The molecule has 2 N–H and O–H groups in total.